The summed E-state index contributed by atoms with van der Waals surface area (Å²) >= 11 is 0. The van der Waals surface area contributed by atoms with E-state index >= 15 is 0 Å². The highest BCUT2D eigenvalue weighted by atomic mass is 16.5. The Kier molecular flexibility index (Phi) is 2.14. The van der Waals surface area contributed by atoms with E-state index in [-0.39, 0.29) is 17.9 Å². The van der Waals surface area contributed by atoms with Crippen molar-refractivity contribution in [3.8, 4) is 0 Å². The monoisotopic (exact) mass is 181 g/mol. The van der Waals surface area contributed by atoms with Crippen LogP contribution in [0, 0.1) is 0 Å². The van der Waals surface area contributed by atoms with Crippen LogP contribution in [0.5, 0.6) is 0 Å². The minimum atomic E-state index is -0.222. The third-order valence-corrected chi connectivity index (χ3v) is 2.31. The predicted octanol–water partition coefficient (Wildman–Crippen LogP) is 0.0904. The lowest BCUT2D eigenvalue weighted by Crippen LogP contribution is -2.36. The Morgan fingerprint density at radius 2 is 2.08 bits per heavy atom. The molecule has 0 N–H and O–H groups in total. The van der Waals surface area contributed by atoms with E-state index < -0.39 is 0 Å². The zero-order valence-electron chi connectivity index (χ0n) is 7.23. The maximum atomic E-state index is 11.1. The molecule has 0 aromatic carbocycles. The molecule has 13 heavy (non-hydrogen) atoms. The van der Waals surface area contributed by atoms with Crippen LogP contribution >= 0.6 is 0 Å². The summed E-state index contributed by atoms with van der Waals surface area (Å²) in [5, 5.41) is 0. The van der Waals surface area contributed by atoms with E-state index in [1.54, 1.807) is 0 Å². The second-order valence-corrected chi connectivity index (χ2v) is 3.26. The Hall–Kier alpha value is -1.16. The van der Waals surface area contributed by atoms with Gasteiger partial charge >= 0.3 is 0 Å². The molecule has 1 saturated heterocycles. The van der Waals surface area contributed by atoms with Crippen molar-refractivity contribution in [2.45, 2.75) is 18.9 Å². The molecule has 70 valence electrons. The zero-order chi connectivity index (χ0) is 9.26. The van der Waals surface area contributed by atoms with E-state index in [0.717, 1.165) is 19.4 Å². The fourth-order valence-electron chi connectivity index (χ4n) is 1.60. The van der Waals surface area contributed by atoms with E-state index in [4.69, 9.17) is 4.74 Å². The fourth-order valence-corrected chi connectivity index (χ4v) is 1.60. The SMILES string of the molecule is O=C1C=CC(=O)N1C[C@@H]1CCCO1. The van der Waals surface area contributed by atoms with Gasteiger partial charge in [-0.25, -0.2) is 0 Å². The summed E-state index contributed by atoms with van der Waals surface area (Å²) in [5.74, 6) is -0.444. The molecule has 2 rings (SSSR count). The number of ether oxygens (including phenoxy) is 1. The normalized spacial score (nSPS) is 27.7. The van der Waals surface area contributed by atoms with Gasteiger partial charge in [0.15, 0.2) is 0 Å². The maximum absolute atomic E-state index is 11.1. The van der Waals surface area contributed by atoms with Crippen LogP contribution in [-0.2, 0) is 14.3 Å². The van der Waals surface area contributed by atoms with Gasteiger partial charge in [0.05, 0.1) is 12.6 Å². The smallest absolute Gasteiger partial charge is 0.253 e. The molecule has 1 atom stereocenters. The first-order chi connectivity index (χ1) is 6.27. The van der Waals surface area contributed by atoms with Gasteiger partial charge in [-0.2, -0.15) is 0 Å². The molecule has 0 aromatic rings. The molecule has 0 aromatic heterocycles. The summed E-state index contributed by atoms with van der Waals surface area (Å²) in [6.45, 7) is 1.15. The van der Waals surface area contributed by atoms with Crippen LogP contribution in [0.2, 0.25) is 0 Å². The van der Waals surface area contributed by atoms with E-state index in [1.165, 1.54) is 17.1 Å². The van der Waals surface area contributed by atoms with Gasteiger partial charge in [-0.15, -0.1) is 0 Å². The predicted molar refractivity (Wildman–Crippen MR) is 44.8 cm³/mol. The molecule has 0 saturated carbocycles. The largest absolute Gasteiger partial charge is 0.376 e. The van der Waals surface area contributed by atoms with Crippen molar-refractivity contribution < 1.29 is 14.3 Å². The van der Waals surface area contributed by atoms with Gasteiger partial charge in [0.1, 0.15) is 0 Å². The average Bonchev–Trinajstić information content (AvgIpc) is 2.70. The number of carbonyl (C=O) groups excluding carboxylic acids is 2. The second kappa shape index (κ2) is 3.30. The van der Waals surface area contributed by atoms with Crippen molar-refractivity contribution in [2.75, 3.05) is 13.2 Å². The summed E-state index contributed by atoms with van der Waals surface area (Å²) in [6.07, 6.45) is 4.62. The molecule has 2 aliphatic rings. The van der Waals surface area contributed by atoms with Crippen molar-refractivity contribution in [1.29, 1.82) is 0 Å². The van der Waals surface area contributed by atoms with Crippen LogP contribution in [0.1, 0.15) is 12.8 Å². The number of nitrogens with zero attached hydrogens (tertiary/aromatic N) is 1. The Labute approximate surface area is 76.2 Å². The van der Waals surface area contributed by atoms with Gasteiger partial charge in [-0.3, -0.25) is 14.5 Å². The highest BCUT2D eigenvalue weighted by molar-refractivity contribution is 6.12. The van der Waals surface area contributed by atoms with Gasteiger partial charge in [0.25, 0.3) is 11.8 Å². The van der Waals surface area contributed by atoms with Gasteiger partial charge in [0, 0.05) is 18.8 Å². The molecule has 1 fully saturated rings. The quantitative estimate of drug-likeness (QED) is 0.567. The van der Waals surface area contributed by atoms with Crippen molar-refractivity contribution >= 4 is 11.8 Å². The topological polar surface area (TPSA) is 46.6 Å². The molecule has 2 amide bonds. The van der Waals surface area contributed by atoms with E-state index in [2.05, 4.69) is 0 Å². The number of hydrogen-bond donors (Lipinski definition) is 0. The van der Waals surface area contributed by atoms with Gasteiger partial charge in [-0.1, -0.05) is 0 Å². The molecule has 2 heterocycles. The first-order valence-corrected chi connectivity index (χ1v) is 4.42. The second-order valence-electron chi connectivity index (χ2n) is 3.26. The van der Waals surface area contributed by atoms with Gasteiger partial charge in [-0.05, 0) is 12.8 Å². The molecule has 0 bridgehead atoms. The van der Waals surface area contributed by atoms with Crippen LogP contribution in [0.4, 0.5) is 0 Å². The molecule has 4 heteroatoms. The van der Waals surface area contributed by atoms with E-state index in [0.29, 0.717) is 6.54 Å². The number of carbonyl (C=O) groups is 2. The fraction of sp³-hybridized carbons (Fsp3) is 0.556. The van der Waals surface area contributed by atoms with Crippen LogP contribution in [-0.4, -0.2) is 36.0 Å². The first-order valence-electron chi connectivity index (χ1n) is 4.42. The minimum absolute atomic E-state index is 0.0489. The van der Waals surface area contributed by atoms with Gasteiger partial charge in [0.2, 0.25) is 0 Å². The molecule has 0 spiro atoms. The number of amides is 2. The van der Waals surface area contributed by atoms with Crippen LogP contribution < -0.4 is 0 Å². The summed E-state index contributed by atoms with van der Waals surface area (Å²) in [5.41, 5.74) is 0. The number of hydrogen-bond acceptors (Lipinski definition) is 3. The van der Waals surface area contributed by atoms with Gasteiger partial charge < -0.3 is 4.74 Å². The molecule has 2 aliphatic heterocycles. The van der Waals surface area contributed by atoms with E-state index in [1.807, 2.05) is 0 Å². The minimum Gasteiger partial charge on any atom is -0.376 e. The summed E-state index contributed by atoms with van der Waals surface area (Å²) in [6, 6.07) is 0. The lowest BCUT2D eigenvalue weighted by atomic mass is 10.2. The van der Waals surface area contributed by atoms with Crippen molar-refractivity contribution in [3.05, 3.63) is 12.2 Å². The van der Waals surface area contributed by atoms with Crippen LogP contribution in [0.25, 0.3) is 0 Å². The maximum Gasteiger partial charge on any atom is 0.253 e. The standard InChI is InChI=1S/C9H11NO3/c11-8-3-4-9(12)10(8)6-7-2-1-5-13-7/h3-4,7H,1-2,5-6H2/t7-/m0/s1. The Morgan fingerprint density at radius 3 is 2.62 bits per heavy atom. The molecule has 4 nitrogen and oxygen atoms in total. The lowest BCUT2D eigenvalue weighted by molar-refractivity contribution is -0.138. The third-order valence-electron chi connectivity index (χ3n) is 2.31. The lowest BCUT2D eigenvalue weighted by Gasteiger charge is -2.17. The Morgan fingerprint density at radius 1 is 1.38 bits per heavy atom. The van der Waals surface area contributed by atoms with Crippen LogP contribution in [0.3, 0.4) is 0 Å². The molecule has 0 unspecified atom stereocenters. The first kappa shape index (κ1) is 8.44. The summed E-state index contributed by atoms with van der Waals surface area (Å²) in [4.78, 5) is 23.5. The average molecular weight is 181 g/mol. The van der Waals surface area contributed by atoms with Crippen LogP contribution in [0.15, 0.2) is 12.2 Å². The summed E-state index contributed by atoms with van der Waals surface area (Å²) in [7, 11) is 0. The zero-order valence-corrected chi connectivity index (χ0v) is 7.23. The highest BCUT2D eigenvalue weighted by Gasteiger charge is 2.28. The van der Waals surface area contributed by atoms with Crippen molar-refractivity contribution in [1.82, 2.24) is 4.90 Å². The molecular formula is C9H11NO3. The highest BCUT2D eigenvalue weighted by Crippen LogP contribution is 2.15. The van der Waals surface area contributed by atoms with Crippen molar-refractivity contribution in [3.63, 3.8) is 0 Å². The Balaban J connectivity index is 1.94. The molecule has 0 radical (unpaired) electrons. The third kappa shape index (κ3) is 1.62. The Bertz CT molecular complexity index is 248. The summed E-state index contributed by atoms with van der Waals surface area (Å²) < 4.78 is 5.34. The van der Waals surface area contributed by atoms with Crippen molar-refractivity contribution in [2.24, 2.45) is 0 Å². The number of imide groups is 1. The number of rotatable bonds is 2. The molecule has 0 aliphatic carbocycles. The molecular weight excluding hydrogens is 170 g/mol. The van der Waals surface area contributed by atoms with E-state index in [9.17, 15) is 9.59 Å².